The number of rotatable bonds is 4. The lowest BCUT2D eigenvalue weighted by molar-refractivity contribution is -0.115. The number of amides is 1. The minimum atomic E-state index is -0.194. The molecular weight excluding hydrogens is 451 g/mol. The summed E-state index contributed by atoms with van der Waals surface area (Å²) in [6, 6.07) is 13.0. The first kappa shape index (κ1) is 17.8. The molecule has 1 heterocycles. The number of phenolic OH excluding ortho intramolecular Hbond substituents is 1. The van der Waals surface area contributed by atoms with Gasteiger partial charge in [0.25, 0.3) is 5.91 Å². The molecule has 1 aliphatic heterocycles. The maximum atomic E-state index is 12.2. The predicted molar refractivity (Wildman–Crippen MR) is 109 cm³/mol. The zero-order chi connectivity index (χ0) is 17.8. The topological polar surface area (TPSA) is 70.9 Å². The van der Waals surface area contributed by atoms with Crippen LogP contribution in [0.5, 0.6) is 11.5 Å². The quantitative estimate of drug-likeness (QED) is 0.521. The fourth-order valence-electron chi connectivity index (χ4n) is 2.19. The number of aliphatic imine (C=N–C) groups is 1. The Bertz CT molecular complexity index is 866. The smallest absolute Gasteiger partial charge is 0.264 e. The number of benzene rings is 2. The number of halogens is 1. The second kappa shape index (κ2) is 7.92. The third-order valence-electron chi connectivity index (χ3n) is 3.29. The van der Waals surface area contributed by atoms with Crippen molar-refractivity contribution < 1.29 is 14.6 Å². The molecule has 2 aromatic carbocycles. The summed E-state index contributed by atoms with van der Waals surface area (Å²) in [5.41, 5.74) is 1.56. The third-order valence-corrected chi connectivity index (χ3v) is 5.02. The van der Waals surface area contributed by atoms with Crippen molar-refractivity contribution in [3.05, 3.63) is 56.5 Å². The molecule has 0 unspecified atom stereocenters. The molecule has 0 aromatic heterocycles. The van der Waals surface area contributed by atoms with Gasteiger partial charge in [-0.05, 0) is 77.2 Å². The minimum Gasteiger partial charge on any atom is -0.504 e. The van der Waals surface area contributed by atoms with Gasteiger partial charge in [0.05, 0.1) is 20.8 Å². The molecule has 128 valence electrons. The average molecular weight is 466 g/mol. The van der Waals surface area contributed by atoms with Gasteiger partial charge < -0.3 is 15.2 Å². The van der Waals surface area contributed by atoms with Gasteiger partial charge in [0, 0.05) is 0 Å². The Hall–Kier alpha value is -2.00. The van der Waals surface area contributed by atoms with Crippen molar-refractivity contribution in [2.75, 3.05) is 6.61 Å². The lowest BCUT2D eigenvalue weighted by atomic mass is 10.2. The van der Waals surface area contributed by atoms with E-state index in [4.69, 9.17) is 4.74 Å². The van der Waals surface area contributed by atoms with Gasteiger partial charge in [0.15, 0.2) is 16.7 Å². The molecule has 0 bridgehead atoms. The lowest BCUT2D eigenvalue weighted by Crippen LogP contribution is -2.19. The normalized spacial score (nSPS) is 17.1. The number of ether oxygens (including phenoxy) is 1. The number of thioether (sulfide) groups is 1. The van der Waals surface area contributed by atoms with Crippen molar-refractivity contribution in [2.24, 2.45) is 4.99 Å². The van der Waals surface area contributed by atoms with Crippen molar-refractivity contribution in [1.82, 2.24) is 5.32 Å². The standard InChI is InChI=1S/C18H15IN2O3S/c1-2-24-14-9-11(8-13(19)16(14)22)10-15-17(23)21-18(25-15)20-12-6-4-3-5-7-12/h3-10,22H,2H2,1H3,(H,20,21,23). The second-order valence-corrected chi connectivity index (χ2v) is 7.29. The molecule has 1 fully saturated rings. The highest BCUT2D eigenvalue weighted by Crippen LogP contribution is 2.35. The molecule has 0 radical (unpaired) electrons. The maximum Gasteiger partial charge on any atom is 0.264 e. The Morgan fingerprint density at radius 1 is 1.32 bits per heavy atom. The van der Waals surface area contributed by atoms with Gasteiger partial charge in [0.1, 0.15) is 0 Å². The molecule has 0 spiro atoms. The molecule has 25 heavy (non-hydrogen) atoms. The van der Waals surface area contributed by atoms with Crippen LogP contribution in [0.3, 0.4) is 0 Å². The van der Waals surface area contributed by atoms with Gasteiger partial charge in [-0.2, -0.15) is 0 Å². The number of nitrogens with zero attached hydrogens (tertiary/aromatic N) is 1. The summed E-state index contributed by atoms with van der Waals surface area (Å²) in [6.07, 6.45) is 1.76. The number of nitrogens with one attached hydrogen (secondary N) is 1. The number of aromatic hydroxyl groups is 1. The SMILES string of the molecule is CCOc1cc(C=C2SC(=Nc3ccccc3)NC2=O)cc(I)c1O. The molecule has 1 saturated heterocycles. The molecule has 0 saturated carbocycles. The summed E-state index contributed by atoms with van der Waals surface area (Å²) >= 11 is 3.32. The monoisotopic (exact) mass is 466 g/mol. The fourth-order valence-corrected chi connectivity index (χ4v) is 3.66. The van der Waals surface area contributed by atoms with E-state index in [9.17, 15) is 9.90 Å². The van der Waals surface area contributed by atoms with Crippen LogP contribution in [0.2, 0.25) is 0 Å². The van der Waals surface area contributed by atoms with E-state index in [1.165, 1.54) is 11.8 Å². The fraction of sp³-hybridized carbons (Fsp3) is 0.111. The minimum absolute atomic E-state index is 0.111. The Kier molecular flexibility index (Phi) is 5.64. The molecule has 3 rings (SSSR count). The van der Waals surface area contributed by atoms with Crippen LogP contribution < -0.4 is 10.1 Å². The summed E-state index contributed by atoms with van der Waals surface area (Å²) < 4.78 is 6.10. The molecule has 1 amide bonds. The number of carbonyl (C=O) groups excluding carboxylic acids is 1. The number of hydrogen-bond acceptors (Lipinski definition) is 5. The van der Waals surface area contributed by atoms with Crippen molar-refractivity contribution in [3.8, 4) is 11.5 Å². The van der Waals surface area contributed by atoms with Gasteiger partial charge in [-0.3, -0.25) is 4.79 Å². The van der Waals surface area contributed by atoms with Gasteiger partial charge in [-0.25, -0.2) is 4.99 Å². The highest BCUT2D eigenvalue weighted by molar-refractivity contribution is 14.1. The number of para-hydroxylation sites is 1. The zero-order valence-corrected chi connectivity index (χ0v) is 16.3. The zero-order valence-electron chi connectivity index (χ0n) is 13.3. The summed E-state index contributed by atoms with van der Waals surface area (Å²) in [5, 5.41) is 13.3. The second-order valence-electron chi connectivity index (χ2n) is 5.10. The van der Waals surface area contributed by atoms with Crippen molar-refractivity contribution in [1.29, 1.82) is 0 Å². The van der Waals surface area contributed by atoms with Crippen molar-refractivity contribution >= 4 is 57.2 Å². The van der Waals surface area contributed by atoms with Crippen molar-refractivity contribution in [3.63, 3.8) is 0 Å². The Morgan fingerprint density at radius 2 is 2.08 bits per heavy atom. The molecule has 7 heteroatoms. The molecule has 1 aliphatic rings. The summed E-state index contributed by atoms with van der Waals surface area (Å²) in [6.45, 7) is 2.30. The highest BCUT2D eigenvalue weighted by atomic mass is 127. The van der Waals surface area contributed by atoms with Crippen LogP contribution in [0.4, 0.5) is 5.69 Å². The van der Waals surface area contributed by atoms with E-state index in [1.54, 1.807) is 18.2 Å². The van der Waals surface area contributed by atoms with E-state index >= 15 is 0 Å². The van der Waals surface area contributed by atoms with Gasteiger partial charge in [-0.15, -0.1) is 0 Å². The Balaban J connectivity index is 1.87. The molecule has 0 atom stereocenters. The van der Waals surface area contributed by atoms with Crippen LogP contribution in [-0.4, -0.2) is 22.8 Å². The van der Waals surface area contributed by atoms with Crippen molar-refractivity contribution in [2.45, 2.75) is 6.92 Å². The molecule has 0 aliphatic carbocycles. The van der Waals surface area contributed by atoms with Crippen LogP contribution in [0, 0.1) is 3.57 Å². The third kappa shape index (κ3) is 4.35. The molecule has 5 nitrogen and oxygen atoms in total. The van der Waals surface area contributed by atoms with E-state index < -0.39 is 0 Å². The first-order valence-electron chi connectivity index (χ1n) is 7.56. The van der Waals surface area contributed by atoms with Gasteiger partial charge >= 0.3 is 0 Å². The van der Waals surface area contributed by atoms with Crippen LogP contribution >= 0.6 is 34.4 Å². The van der Waals surface area contributed by atoms with E-state index in [2.05, 4.69) is 10.3 Å². The largest absolute Gasteiger partial charge is 0.504 e. The molecular formula is C18H15IN2O3S. The van der Waals surface area contributed by atoms with E-state index in [-0.39, 0.29) is 11.7 Å². The number of phenols is 1. The average Bonchev–Trinajstić information content (AvgIpc) is 2.92. The first-order valence-corrected chi connectivity index (χ1v) is 9.46. The lowest BCUT2D eigenvalue weighted by Gasteiger charge is -2.08. The van der Waals surface area contributed by atoms with Crippen LogP contribution in [0.25, 0.3) is 6.08 Å². The summed E-state index contributed by atoms with van der Waals surface area (Å²) in [4.78, 5) is 17.1. The van der Waals surface area contributed by atoms with E-state index in [0.717, 1.165) is 11.3 Å². The highest BCUT2D eigenvalue weighted by Gasteiger charge is 2.24. The maximum absolute atomic E-state index is 12.2. The van der Waals surface area contributed by atoms with Crippen LogP contribution in [-0.2, 0) is 4.79 Å². The van der Waals surface area contributed by atoms with E-state index in [0.29, 0.717) is 26.0 Å². The van der Waals surface area contributed by atoms with Gasteiger partial charge in [-0.1, -0.05) is 18.2 Å². The summed E-state index contributed by atoms with van der Waals surface area (Å²) in [7, 11) is 0. The number of amidine groups is 1. The number of carbonyl (C=O) groups is 1. The summed E-state index contributed by atoms with van der Waals surface area (Å²) in [5.74, 6) is 0.322. The van der Waals surface area contributed by atoms with Gasteiger partial charge in [0.2, 0.25) is 0 Å². The predicted octanol–water partition coefficient (Wildman–Crippen LogP) is 4.29. The Morgan fingerprint density at radius 3 is 2.80 bits per heavy atom. The first-order chi connectivity index (χ1) is 12.1. The Labute approximate surface area is 163 Å². The van der Waals surface area contributed by atoms with E-state index in [1.807, 2.05) is 59.8 Å². The molecule has 2 aromatic rings. The number of hydrogen-bond donors (Lipinski definition) is 2. The van der Waals surface area contributed by atoms with Crippen LogP contribution in [0.15, 0.2) is 52.4 Å². The van der Waals surface area contributed by atoms with Crippen LogP contribution in [0.1, 0.15) is 12.5 Å². The molecule has 2 N–H and O–H groups in total.